The molecule has 1 aliphatic rings. The van der Waals surface area contributed by atoms with Crippen LogP contribution in [0.5, 0.6) is 11.5 Å². The van der Waals surface area contributed by atoms with Crippen LogP contribution in [0, 0.1) is 0 Å². The second-order valence-corrected chi connectivity index (χ2v) is 8.18. The van der Waals surface area contributed by atoms with E-state index in [0.29, 0.717) is 22.8 Å². The molecule has 1 atom stereocenters. The SMILES string of the molecule is COc1ccc(OC)c(-c2cc(C(=O)NC(CN3CCN(C)CC3)c3ccccc3)no2)c1. The van der Waals surface area contributed by atoms with Gasteiger partial charge in [-0.25, -0.2) is 0 Å². The maximum absolute atomic E-state index is 13.1. The second kappa shape index (κ2) is 10.5. The summed E-state index contributed by atoms with van der Waals surface area (Å²) in [4.78, 5) is 17.8. The van der Waals surface area contributed by atoms with Crippen molar-refractivity contribution < 1.29 is 18.8 Å². The molecule has 33 heavy (non-hydrogen) atoms. The number of nitrogens with zero attached hydrogens (tertiary/aromatic N) is 3. The first-order valence-corrected chi connectivity index (χ1v) is 11.0. The third-order valence-corrected chi connectivity index (χ3v) is 5.96. The standard InChI is InChI=1S/C25H30N4O4/c1-28-11-13-29(14-12-28)17-22(18-7-5-4-6-8-18)26-25(30)21-16-24(33-27-21)20-15-19(31-2)9-10-23(20)32-3/h4-10,15-16,22H,11-14,17H2,1-3H3,(H,26,30). The largest absolute Gasteiger partial charge is 0.497 e. The lowest BCUT2D eigenvalue weighted by molar-refractivity contribution is 0.0898. The Balaban J connectivity index is 1.52. The Labute approximate surface area is 194 Å². The zero-order valence-electron chi connectivity index (χ0n) is 19.3. The van der Waals surface area contributed by atoms with Crippen molar-refractivity contribution >= 4 is 5.91 Å². The van der Waals surface area contributed by atoms with Crippen molar-refractivity contribution in [1.29, 1.82) is 0 Å². The van der Waals surface area contributed by atoms with E-state index in [4.69, 9.17) is 14.0 Å². The summed E-state index contributed by atoms with van der Waals surface area (Å²) in [6.07, 6.45) is 0. The smallest absolute Gasteiger partial charge is 0.274 e. The van der Waals surface area contributed by atoms with Crippen LogP contribution < -0.4 is 14.8 Å². The van der Waals surface area contributed by atoms with Crippen LogP contribution in [0.25, 0.3) is 11.3 Å². The van der Waals surface area contributed by atoms with E-state index in [1.165, 1.54) is 0 Å². The van der Waals surface area contributed by atoms with Crippen molar-refractivity contribution in [2.45, 2.75) is 6.04 Å². The van der Waals surface area contributed by atoms with Gasteiger partial charge in [0.05, 0.1) is 25.8 Å². The summed E-state index contributed by atoms with van der Waals surface area (Å²) in [5.41, 5.74) is 1.94. The van der Waals surface area contributed by atoms with Gasteiger partial charge in [-0.1, -0.05) is 35.5 Å². The van der Waals surface area contributed by atoms with Crippen molar-refractivity contribution in [2.75, 3.05) is 54.0 Å². The van der Waals surface area contributed by atoms with Crippen LogP contribution >= 0.6 is 0 Å². The van der Waals surface area contributed by atoms with E-state index in [1.54, 1.807) is 38.5 Å². The third kappa shape index (κ3) is 5.53. The van der Waals surface area contributed by atoms with Crippen LogP contribution in [-0.2, 0) is 0 Å². The topological polar surface area (TPSA) is 80.1 Å². The Bertz CT molecular complexity index is 1060. The number of amides is 1. The predicted octanol–water partition coefficient (Wildman–Crippen LogP) is 3.08. The van der Waals surface area contributed by atoms with Gasteiger partial charge in [-0.3, -0.25) is 9.69 Å². The summed E-state index contributed by atoms with van der Waals surface area (Å²) in [6.45, 7) is 4.71. The molecule has 0 aliphatic carbocycles. The summed E-state index contributed by atoms with van der Waals surface area (Å²) in [5.74, 6) is 1.42. The molecule has 0 radical (unpaired) electrons. The fraction of sp³-hybridized carbons (Fsp3) is 0.360. The number of nitrogens with one attached hydrogen (secondary N) is 1. The maximum atomic E-state index is 13.1. The molecule has 1 saturated heterocycles. The summed E-state index contributed by atoms with van der Waals surface area (Å²) >= 11 is 0. The summed E-state index contributed by atoms with van der Waals surface area (Å²) in [5, 5.41) is 7.17. The zero-order valence-corrected chi connectivity index (χ0v) is 19.3. The Morgan fingerprint density at radius 3 is 2.52 bits per heavy atom. The van der Waals surface area contributed by atoms with Gasteiger partial charge in [0.1, 0.15) is 11.5 Å². The molecule has 8 nitrogen and oxygen atoms in total. The minimum absolute atomic E-state index is 0.159. The minimum Gasteiger partial charge on any atom is -0.497 e. The van der Waals surface area contributed by atoms with Crippen molar-refractivity contribution in [2.24, 2.45) is 0 Å². The van der Waals surface area contributed by atoms with E-state index in [1.807, 2.05) is 30.3 Å². The number of piperazine rings is 1. The van der Waals surface area contributed by atoms with Gasteiger partial charge in [0.25, 0.3) is 5.91 Å². The van der Waals surface area contributed by atoms with Gasteiger partial charge in [-0.15, -0.1) is 0 Å². The predicted molar refractivity (Wildman–Crippen MR) is 126 cm³/mol. The summed E-state index contributed by atoms with van der Waals surface area (Å²) < 4.78 is 16.2. The van der Waals surface area contributed by atoms with Crippen molar-refractivity contribution in [3.05, 3.63) is 65.9 Å². The lowest BCUT2D eigenvalue weighted by Gasteiger charge is -2.34. The average Bonchev–Trinajstić information content (AvgIpc) is 3.35. The Morgan fingerprint density at radius 2 is 1.82 bits per heavy atom. The van der Waals surface area contributed by atoms with E-state index in [-0.39, 0.29) is 17.6 Å². The van der Waals surface area contributed by atoms with E-state index < -0.39 is 0 Å². The fourth-order valence-electron chi connectivity index (χ4n) is 3.96. The van der Waals surface area contributed by atoms with Crippen LogP contribution in [0.3, 0.4) is 0 Å². The Hall–Kier alpha value is -3.36. The van der Waals surface area contributed by atoms with Crippen LogP contribution in [-0.4, -0.2) is 74.9 Å². The Kier molecular flexibility index (Phi) is 7.26. The van der Waals surface area contributed by atoms with Gasteiger partial charge in [0.15, 0.2) is 11.5 Å². The molecule has 8 heteroatoms. The number of hydrogen-bond donors (Lipinski definition) is 1. The number of aromatic nitrogens is 1. The number of carbonyl (C=O) groups is 1. The van der Waals surface area contributed by atoms with Crippen molar-refractivity contribution in [3.63, 3.8) is 0 Å². The molecule has 1 aromatic heterocycles. The molecule has 2 aromatic carbocycles. The highest BCUT2D eigenvalue weighted by Gasteiger charge is 2.24. The van der Waals surface area contributed by atoms with Crippen LogP contribution in [0.4, 0.5) is 0 Å². The third-order valence-electron chi connectivity index (χ3n) is 5.96. The molecule has 1 N–H and O–H groups in total. The number of carbonyl (C=O) groups excluding carboxylic acids is 1. The number of likely N-dealkylation sites (N-methyl/N-ethyl adjacent to an activating group) is 1. The second-order valence-electron chi connectivity index (χ2n) is 8.18. The monoisotopic (exact) mass is 450 g/mol. The van der Waals surface area contributed by atoms with Crippen LogP contribution in [0.2, 0.25) is 0 Å². The van der Waals surface area contributed by atoms with Gasteiger partial charge >= 0.3 is 0 Å². The van der Waals surface area contributed by atoms with E-state index in [2.05, 4.69) is 27.3 Å². The first kappa shape index (κ1) is 22.8. The first-order chi connectivity index (χ1) is 16.1. The molecule has 4 rings (SSSR count). The number of methoxy groups -OCH3 is 2. The summed E-state index contributed by atoms with van der Waals surface area (Å²) in [7, 11) is 5.31. The molecule has 0 saturated carbocycles. The molecule has 1 fully saturated rings. The lowest BCUT2D eigenvalue weighted by Crippen LogP contribution is -2.47. The molecule has 3 aromatic rings. The van der Waals surface area contributed by atoms with E-state index in [0.717, 1.165) is 38.3 Å². The lowest BCUT2D eigenvalue weighted by atomic mass is 10.1. The fourth-order valence-corrected chi connectivity index (χ4v) is 3.96. The van der Waals surface area contributed by atoms with Crippen molar-refractivity contribution in [1.82, 2.24) is 20.3 Å². The maximum Gasteiger partial charge on any atom is 0.274 e. The Morgan fingerprint density at radius 1 is 1.06 bits per heavy atom. The van der Waals surface area contributed by atoms with E-state index >= 15 is 0 Å². The van der Waals surface area contributed by atoms with Gasteiger partial charge in [0.2, 0.25) is 0 Å². The molecule has 1 aliphatic heterocycles. The van der Waals surface area contributed by atoms with Gasteiger partial charge in [0, 0.05) is 38.8 Å². The highest BCUT2D eigenvalue weighted by molar-refractivity contribution is 5.93. The number of rotatable bonds is 8. The van der Waals surface area contributed by atoms with Crippen LogP contribution in [0.1, 0.15) is 22.1 Å². The number of hydrogen-bond acceptors (Lipinski definition) is 7. The van der Waals surface area contributed by atoms with Crippen LogP contribution in [0.15, 0.2) is 59.1 Å². The molecule has 2 heterocycles. The average molecular weight is 451 g/mol. The zero-order chi connectivity index (χ0) is 23.2. The van der Waals surface area contributed by atoms with Gasteiger partial charge in [-0.05, 0) is 30.8 Å². The molecule has 174 valence electrons. The van der Waals surface area contributed by atoms with Crippen molar-refractivity contribution in [3.8, 4) is 22.8 Å². The minimum atomic E-state index is -0.283. The molecule has 1 unspecified atom stereocenters. The number of benzene rings is 2. The molecule has 0 bridgehead atoms. The van der Waals surface area contributed by atoms with E-state index in [9.17, 15) is 4.79 Å². The molecular formula is C25H30N4O4. The molecule has 0 spiro atoms. The highest BCUT2D eigenvalue weighted by atomic mass is 16.5. The normalized spacial score (nSPS) is 15.7. The number of ether oxygens (including phenoxy) is 2. The highest BCUT2D eigenvalue weighted by Crippen LogP contribution is 2.33. The summed E-state index contributed by atoms with van der Waals surface area (Å²) in [6, 6.07) is 16.9. The van der Waals surface area contributed by atoms with Gasteiger partial charge in [-0.2, -0.15) is 0 Å². The molecular weight excluding hydrogens is 420 g/mol. The first-order valence-electron chi connectivity index (χ1n) is 11.0. The quantitative estimate of drug-likeness (QED) is 0.565. The molecule has 1 amide bonds. The van der Waals surface area contributed by atoms with Gasteiger partial charge < -0.3 is 24.2 Å².